The molecule has 1 aromatic rings. The molecular weight excluding hydrogens is 438 g/mol. The molecule has 7 heteroatoms. The summed E-state index contributed by atoms with van der Waals surface area (Å²) < 4.78 is 0. The molecule has 186 valence electrons. The summed E-state index contributed by atoms with van der Waals surface area (Å²) in [5.74, 6) is 0.726. The standard InChI is InChI=1S/C28H37N5O2/c1-20(31-17-22-10-9-15-33(19-22)28(35)23-11-5-6-12-23)16-25(24-13-7-8-14-27(24)34)32-21(2)26(30-4)18-29-3/h5-8,11,13-14,16,18,22,30-31,34H,9-10,12,15,17,19H2,1-4H3/b20-16+,26-21-,29-18?,32-25+. The van der Waals surface area contributed by atoms with Gasteiger partial charge in [0, 0.05) is 56.8 Å². The fourth-order valence-electron chi connectivity index (χ4n) is 4.36. The molecule has 1 aromatic carbocycles. The Labute approximate surface area is 208 Å². The van der Waals surface area contributed by atoms with Gasteiger partial charge >= 0.3 is 0 Å². The number of carbonyl (C=O) groups excluding carboxylic acids is 1. The van der Waals surface area contributed by atoms with Gasteiger partial charge in [-0.1, -0.05) is 30.4 Å². The van der Waals surface area contributed by atoms with E-state index < -0.39 is 0 Å². The van der Waals surface area contributed by atoms with Crippen LogP contribution in [0.4, 0.5) is 0 Å². The van der Waals surface area contributed by atoms with Crippen molar-refractivity contribution < 1.29 is 9.90 Å². The predicted molar refractivity (Wildman–Crippen MR) is 144 cm³/mol. The minimum atomic E-state index is 0.166. The molecule has 1 amide bonds. The van der Waals surface area contributed by atoms with Crippen molar-refractivity contribution in [3.8, 4) is 5.75 Å². The fourth-order valence-corrected chi connectivity index (χ4v) is 4.36. The van der Waals surface area contributed by atoms with Crippen molar-refractivity contribution in [3.05, 3.63) is 76.8 Å². The first kappa shape index (κ1) is 26.0. The predicted octanol–water partition coefficient (Wildman–Crippen LogP) is 3.95. The van der Waals surface area contributed by atoms with Crippen LogP contribution in [0.15, 0.2) is 81.2 Å². The molecule has 0 saturated carbocycles. The Bertz CT molecular complexity index is 1090. The van der Waals surface area contributed by atoms with Crippen molar-refractivity contribution in [1.82, 2.24) is 15.5 Å². The second-order valence-corrected chi connectivity index (χ2v) is 8.94. The van der Waals surface area contributed by atoms with Crippen LogP contribution in [0.1, 0.15) is 38.7 Å². The molecule has 7 nitrogen and oxygen atoms in total. The molecule has 1 unspecified atom stereocenters. The number of hydrogen-bond acceptors (Lipinski definition) is 6. The zero-order chi connectivity index (χ0) is 25.2. The first-order chi connectivity index (χ1) is 16.9. The van der Waals surface area contributed by atoms with Gasteiger partial charge in [0.1, 0.15) is 5.75 Å². The number of allylic oxidation sites excluding steroid dienone is 7. The molecule has 1 atom stereocenters. The van der Waals surface area contributed by atoms with Gasteiger partial charge in [0.05, 0.1) is 17.1 Å². The van der Waals surface area contributed by atoms with Gasteiger partial charge in [0.2, 0.25) is 5.91 Å². The minimum absolute atomic E-state index is 0.166. The van der Waals surface area contributed by atoms with Crippen LogP contribution in [-0.2, 0) is 4.79 Å². The Balaban J connectivity index is 1.74. The molecule has 3 rings (SSSR count). The number of para-hydroxylation sites is 1. The molecular formula is C28H37N5O2. The summed E-state index contributed by atoms with van der Waals surface area (Å²) in [5.41, 5.74) is 4.71. The minimum Gasteiger partial charge on any atom is -0.507 e. The number of likely N-dealkylation sites (tertiary alicyclic amines) is 1. The number of nitrogens with one attached hydrogen (secondary N) is 2. The highest BCUT2D eigenvalue weighted by Crippen LogP contribution is 2.22. The monoisotopic (exact) mass is 475 g/mol. The number of phenolic OH excluding ortho intramolecular Hbond substituents is 1. The Kier molecular flexibility index (Phi) is 9.47. The van der Waals surface area contributed by atoms with E-state index in [2.05, 4.69) is 15.6 Å². The van der Waals surface area contributed by atoms with E-state index in [1.807, 2.05) is 62.2 Å². The lowest BCUT2D eigenvalue weighted by Gasteiger charge is -2.33. The highest BCUT2D eigenvalue weighted by atomic mass is 16.3. The van der Waals surface area contributed by atoms with E-state index in [4.69, 9.17) is 4.99 Å². The maximum Gasteiger partial charge on any atom is 0.250 e. The summed E-state index contributed by atoms with van der Waals surface area (Å²) in [4.78, 5) is 23.7. The number of phenols is 1. The van der Waals surface area contributed by atoms with Crippen LogP contribution in [0, 0.1) is 5.92 Å². The molecule has 0 radical (unpaired) electrons. The summed E-state index contributed by atoms with van der Waals surface area (Å²) in [5, 5.41) is 17.1. The second kappa shape index (κ2) is 12.7. The SMILES string of the molecule is CN=C/C(NC)=C(C)/N=C(\C=C(/C)NCC1CCCN(C(=O)C2=CC=CC2)C1)c1ccccc1O. The van der Waals surface area contributed by atoms with Crippen LogP contribution in [0.3, 0.4) is 0 Å². The lowest BCUT2D eigenvalue weighted by atomic mass is 9.97. The molecule has 0 bridgehead atoms. The Hall–Kier alpha value is -3.61. The Morgan fingerprint density at radius 1 is 1.29 bits per heavy atom. The van der Waals surface area contributed by atoms with Crippen LogP contribution in [0.2, 0.25) is 0 Å². The van der Waals surface area contributed by atoms with Crippen molar-refractivity contribution in [2.24, 2.45) is 15.9 Å². The molecule has 1 fully saturated rings. The molecule has 3 N–H and O–H groups in total. The highest BCUT2D eigenvalue weighted by molar-refractivity contribution is 6.11. The van der Waals surface area contributed by atoms with E-state index in [0.29, 0.717) is 17.2 Å². The van der Waals surface area contributed by atoms with Crippen LogP contribution < -0.4 is 10.6 Å². The summed E-state index contributed by atoms with van der Waals surface area (Å²) in [6.45, 7) is 6.28. The molecule has 35 heavy (non-hydrogen) atoms. The largest absolute Gasteiger partial charge is 0.507 e. The van der Waals surface area contributed by atoms with Gasteiger partial charge in [0.25, 0.3) is 0 Å². The summed E-state index contributed by atoms with van der Waals surface area (Å²) in [6, 6.07) is 7.20. The van der Waals surface area contributed by atoms with Crippen molar-refractivity contribution in [1.29, 1.82) is 0 Å². The van der Waals surface area contributed by atoms with Gasteiger partial charge in [-0.05, 0) is 57.2 Å². The van der Waals surface area contributed by atoms with Crippen molar-refractivity contribution >= 4 is 17.8 Å². The third kappa shape index (κ3) is 7.18. The van der Waals surface area contributed by atoms with E-state index in [1.54, 1.807) is 25.4 Å². The molecule has 0 aromatic heterocycles. The number of aromatic hydroxyl groups is 1. The number of amides is 1. The lowest BCUT2D eigenvalue weighted by Crippen LogP contribution is -2.43. The number of aliphatic imine (C=N–C) groups is 2. The lowest BCUT2D eigenvalue weighted by molar-refractivity contribution is -0.128. The highest BCUT2D eigenvalue weighted by Gasteiger charge is 2.25. The number of rotatable bonds is 9. The van der Waals surface area contributed by atoms with Gasteiger partial charge in [0.15, 0.2) is 0 Å². The second-order valence-electron chi connectivity index (χ2n) is 8.94. The van der Waals surface area contributed by atoms with Crippen LogP contribution >= 0.6 is 0 Å². The van der Waals surface area contributed by atoms with E-state index in [9.17, 15) is 9.90 Å². The van der Waals surface area contributed by atoms with Gasteiger partial charge < -0.3 is 20.6 Å². The summed E-state index contributed by atoms with van der Waals surface area (Å²) in [6.07, 6.45) is 12.4. The number of benzene rings is 1. The summed E-state index contributed by atoms with van der Waals surface area (Å²) in [7, 11) is 3.55. The first-order valence-electron chi connectivity index (χ1n) is 12.2. The number of piperidine rings is 1. The normalized spacial score (nSPS) is 19.6. The van der Waals surface area contributed by atoms with Gasteiger partial charge in [-0.25, -0.2) is 0 Å². The van der Waals surface area contributed by atoms with Crippen molar-refractivity contribution in [2.45, 2.75) is 33.1 Å². The van der Waals surface area contributed by atoms with Crippen molar-refractivity contribution in [2.75, 3.05) is 33.7 Å². The Morgan fingerprint density at radius 2 is 2.09 bits per heavy atom. The van der Waals surface area contributed by atoms with Crippen LogP contribution in [-0.4, -0.2) is 61.6 Å². The number of nitrogens with zero attached hydrogens (tertiary/aromatic N) is 3. The molecule has 2 aliphatic rings. The van der Waals surface area contributed by atoms with Gasteiger partial charge in [-0.2, -0.15) is 0 Å². The molecule has 1 aliphatic carbocycles. The number of hydrogen-bond donors (Lipinski definition) is 3. The smallest absolute Gasteiger partial charge is 0.250 e. The molecule has 1 heterocycles. The topological polar surface area (TPSA) is 89.3 Å². The zero-order valence-electron chi connectivity index (χ0n) is 21.2. The zero-order valence-corrected chi connectivity index (χ0v) is 21.2. The molecule has 0 spiro atoms. The van der Waals surface area contributed by atoms with Gasteiger partial charge in [-0.3, -0.25) is 14.8 Å². The fraction of sp³-hybridized carbons (Fsp3) is 0.393. The van der Waals surface area contributed by atoms with E-state index in [-0.39, 0.29) is 11.7 Å². The summed E-state index contributed by atoms with van der Waals surface area (Å²) >= 11 is 0. The van der Waals surface area contributed by atoms with Gasteiger partial charge in [-0.15, -0.1) is 0 Å². The van der Waals surface area contributed by atoms with E-state index in [0.717, 1.165) is 61.6 Å². The Morgan fingerprint density at radius 3 is 2.77 bits per heavy atom. The number of carbonyl (C=O) groups is 1. The average Bonchev–Trinajstić information content (AvgIpc) is 3.40. The maximum absolute atomic E-state index is 12.8. The third-order valence-electron chi connectivity index (χ3n) is 6.26. The average molecular weight is 476 g/mol. The van der Waals surface area contributed by atoms with E-state index >= 15 is 0 Å². The quantitative estimate of drug-likeness (QED) is 0.472. The van der Waals surface area contributed by atoms with E-state index in [1.165, 1.54) is 0 Å². The van der Waals surface area contributed by atoms with Crippen LogP contribution in [0.5, 0.6) is 5.75 Å². The van der Waals surface area contributed by atoms with Crippen LogP contribution in [0.25, 0.3) is 0 Å². The third-order valence-corrected chi connectivity index (χ3v) is 6.26. The molecule has 1 saturated heterocycles. The maximum atomic E-state index is 12.8. The first-order valence-corrected chi connectivity index (χ1v) is 12.2. The molecule has 1 aliphatic heterocycles. The van der Waals surface area contributed by atoms with Crippen molar-refractivity contribution in [3.63, 3.8) is 0 Å².